The number of amides is 1. The second-order valence-electron chi connectivity index (χ2n) is 5.11. The minimum absolute atomic E-state index is 0. The van der Waals surface area contributed by atoms with Gasteiger partial charge in [-0.25, -0.2) is 0 Å². The molecule has 0 heterocycles. The van der Waals surface area contributed by atoms with Gasteiger partial charge in [0.15, 0.2) is 0 Å². The highest BCUT2D eigenvalue weighted by atomic mass is 35.5. The Morgan fingerprint density at radius 1 is 1.31 bits per heavy atom. The molecular weight excluding hydrogens is 224 g/mol. The lowest BCUT2D eigenvalue weighted by atomic mass is 10.1. The molecule has 96 valence electrons. The zero-order valence-corrected chi connectivity index (χ0v) is 11.4. The van der Waals surface area contributed by atoms with Crippen LogP contribution >= 0.6 is 12.4 Å². The summed E-state index contributed by atoms with van der Waals surface area (Å²) in [6.07, 6.45) is 4.83. The molecule has 0 aromatic carbocycles. The molecule has 16 heavy (non-hydrogen) atoms. The predicted molar refractivity (Wildman–Crippen MR) is 69.7 cm³/mol. The Morgan fingerprint density at radius 2 is 1.81 bits per heavy atom. The van der Waals surface area contributed by atoms with E-state index >= 15 is 0 Å². The fourth-order valence-corrected chi connectivity index (χ4v) is 2.29. The molecule has 0 aliphatic heterocycles. The van der Waals surface area contributed by atoms with Crippen LogP contribution in [0, 0.1) is 5.92 Å². The fraction of sp³-hybridized carbons (Fsp3) is 0.917. The summed E-state index contributed by atoms with van der Waals surface area (Å²) in [5.74, 6) is 0.643. The molecule has 1 fully saturated rings. The summed E-state index contributed by atoms with van der Waals surface area (Å²) in [4.78, 5) is 14.0. The highest BCUT2D eigenvalue weighted by Gasteiger charge is 2.28. The molecule has 0 aromatic rings. The van der Waals surface area contributed by atoms with Gasteiger partial charge in [-0.05, 0) is 25.7 Å². The molecule has 3 nitrogen and oxygen atoms in total. The minimum atomic E-state index is -0.357. The number of halogens is 1. The quantitative estimate of drug-likeness (QED) is 0.829. The van der Waals surface area contributed by atoms with Gasteiger partial charge >= 0.3 is 0 Å². The van der Waals surface area contributed by atoms with Gasteiger partial charge in [0.2, 0.25) is 5.91 Å². The zero-order chi connectivity index (χ0) is 11.4. The number of carbonyl (C=O) groups excluding carboxylic acids is 1. The van der Waals surface area contributed by atoms with Crippen molar-refractivity contribution in [3.63, 3.8) is 0 Å². The maximum absolute atomic E-state index is 12.0. The summed E-state index contributed by atoms with van der Waals surface area (Å²) in [5.41, 5.74) is 5.69. The van der Waals surface area contributed by atoms with Gasteiger partial charge in [-0.2, -0.15) is 0 Å². The molecule has 1 amide bonds. The molecule has 1 aliphatic rings. The van der Waals surface area contributed by atoms with Gasteiger partial charge in [0.1, 0.15) is 0 Å². The smallest absolute Gasteiger partial charge is 0.239 e. The fourth-order valence-electron chi connectivity index (χ4n) is 2.29. The van der Waals surface area contributed by atoms with Crippen LogP contribution in [-0.4, -0.2) is 29.4 Å². The van der Waals surface area contributed by atoms with Crippen LogP contribution in [0.15, 0.2) is 0 Å². The first-order valence-electron chi connectivity index (χ1n) is 6.08. The molecule has 1 aliphatic carbocycles. The van der Waals surface area contributed by atoms with Crippen LogP contribution in [0.25, 0.3) is 0 Å². The Hall–Kier alpha value is -0.280. The van der Waals surface area contributed by atoms with Gasteiger partial charge in [-0.1, -0.05) is 26.7 Å². The van der Waals surface area contributed by atoms with Gasteiger partial charge < -0.3 is 10.6 Å². The largest absolute Gasteiger partial charge is 0.338 e. The third-order valence-corrected chi connectivity index (χ3v) is 3.00. The molecule has 1 saturated carbocycles. The van der Waals surface area contributed by atoms with E-state index in [1.165, 1.54) is 12.8 Å². The number of nitrogens with zero attached hydrogens (tertiary/aromatic N) is 1. The minimum Gasteiger partial charge on any atom is -0.338 e. The molecular formula is C12H25ClN2O. The van der Waals surface area contributed by atoms with E-state index in [0.717, 1.165) is 19.4 Å². The number of rotatable bonds is 4. The van der Waals surface area contributed by atoms with E-state index in [-0.39, 0.29) is 24.4 Å². The molecule has 0 spiro atoms. The van der Waals surface area contributed by atoms with Crippen molar-refractivity contribution in [1.29, 1.82) is 0 Å². The Bertz CT molecular complexity index is 213. The van der Waals surface area contributed by atoms with Gasteiger partial charge in [0, 0.05) is 12.6 Å². The molecule has 2 N–H and O–H groups in total. The third kappa shape index (κ3) is 4.30. The van der Waals surface area contributed by atoms with E-state index in [2.05, 4.69) is 13.8 Å². The van der Waals surface area contributed by atoms with Crippen LogP contribution in [0.2, 0.25) is 0 Å². The zero-order valence-electron chi connectivity index (χ0n) is 10.6. The summed E-state index contributed by atoms with van der Waals surface area (Å²) in [6, 6.07) is 0.0928. The second-order valence-corrected chi connectivity index (χ2v) is 5.11. The lowest BCUT2D eigenvalue weighted by molar-refractivity contribution is -0.135. The highest BCUT2D eigenvalue weighted by molar-refractivity contribution is 5.85. The SMILES string of the molecule is CC(C)CN(C(=O)C(C)N)C1CCCC1.Cl. The summed E-state index contributed by atoms with van der Waals surface area (Å²) in [7, 11) is 0. The van der Waals surface area contributed by atoms with Crippen LogP contribution in [0.3, 0.4) is 0 Å². The van der Waals surface area contributed by atoms with Crippen LogP contribution < -0.4 is 5.73 Å². The summed E-state index contributed by atoms with van der Waals surface area (Å²) >= 11 is 0. The summed E-state index contributed by atoms with van der Waals surface area (Å²) in [5, 5.41) is 0. The number of nitrogens with two attached hydrogens (primary N) is 1. The first-order valence-corrected chi connectivity index (χ1v) is 6.08. The van der Waals surface area contributed by atoms with Crippen molar-refractivity contribution >= 4 is 18.3 Å². The lowest BCUT2D eigenvalue weighted by Crippen LogP contribution is -2.48. The van der Waals surface area contributed by atoms with Crippen LogP contribution in [-0.2, 0) is 4.79 Å². The van der Waals surface area contributed by atoms with E-state index in [1.54, 1.807) is 6.92 Å². The predicted octanol–water partition coefficient (Wildman–Crippen LogP) is 2.18. The van der Waals surface area contributed by atoms with Crippen LogP contribution in [0.4, 0.5) is 0 Å². The molecule has 1 atom stereocenters. The van der Waals surface area contributed by atoms with Crippen LogP contribution in [0.5, 0.6) is 0 Å². The Balaban J connectivity index is 0.00000225. The molecule has 0 saturated heterocycles. The topological polar surface area (TPSA) is 46.3 Å². The van der Waals surface area contributed by atoms with E-state index < -0.39 is 0 Å². The molecule has 1 unspecified atom stereocenters. The molecule has 4 heteroatoms. The van der Waals surface area contributed by atoms with E-state index in [0.29, 0.717) is 12.0 Å². The van der Waals surface area contributed by atoms with Gasteiger partial charge in [0.05, 0.1) is 6.04 Å². The molecule has 0 bridgehead atoms. The van der Waals surface area contributed by atoms with E-state index in [1.807, 2.05) is 4.90 Å². The first kappa shape index (κ1) is 15.7. The summed E-state index contributed by atoms with van der Waals surface area (Å²) < 4.78 is 0. The normalized spacial score (nSPS) is 18.3. The first-order chi connectivity index (χ1) is 7.02. The maximum Gasteiger partial charge on any atom is 0.239 e. The molecule has 0 radical (unpaired) electrons. The van der Waals surface area contributed by atoms with Crippen molar-refractivity contribution in [2.45, 2.75) is 58.5 Å². The molecule has 1 rings (SSSR count). The average Bonchev–Trinajstić information content (AvgIpc) is 2.65. The second kappa shape index (κ2) is 7.13. The Labute approximate surface area is 105 Å². The van der Waals surface area contributed by atoms with Crippen molar-refractivity contribution in [3.05, 3.63) is 0 Å². The number of hydrogen-bond acceptors (Lipinski definition) is 2. The lowest BCUT2D eigenvalue weighted by Gasteiger charge is -2.32. The van der Waals surface area contributed by atoms with Gasteiger partial charge in [-0.15, -0.1) is 12.4 Å². The summed E-state index contributed by atoms with van der Waals surface area (Å²) in [6.45, 7) is 6.93. The average molecular weight is 249 g/mol. The molecule has 0 aromatic heterocycles. The van der Waals surface area contributed by atoms with Crippen molar-refractivity contribution in [1.82, 2.24) is 4.90 Å². The maximum atomic E-state index is 12.0. The number of hydrogen-bond donors (Lipinski definition) is 1. The standard InChI is InChI=1S/C12H24N2O.ClH/c1-9(2)8-14(12(15)10(3)13)11-6-4-5-7-11;/h9-11H,4-8,13H2,1-3H3;1H. The van der Waals surface area contributed by atoms with Crippen molar-refractivity contribution in [3.8, 4) is 0 Å². The van der Waals surface area contributed by atoms with E-state index in [4.69, 9.17) is 5.73 Å². The van der Waals surface area contributed by atoms with Gasteiger partial charge in [-0.3, -0.25) is 4.79 Å². The van der Waals surface area contributed by atoms with Crippen molar-refractivity contribution in [2.75, 3.05) is 6.54 Å². The highest BCUT2D eigenvalue weighted by Crippen LogP contribution is 2.24. The van der Waals surface area contributed by atoms with Crippen molar-refractivity contribution in [2.24, 2.45) is 11.7 Å². The Kier molecular flexibility index (Phi) is 7.00. The van der Waals surface area contributed by atoms with Gasteiger partial charge in [0.25, 0.3) is 0 Å². The van der Waals surface area contributed by atoms with Crippen LogP contribution in [0.1, 0.15) is 46.5 Å². The van der Waals surface area contributed by atoms with Crippen molar-refractivity contribution < 1.29 is 4.79 Å². The Morgan fingerprint density at radius 3 is 2.19 bits per heavy atom. The van der Waals surface area contributed by atoms with E-state index in [9.17, 15) is 4.79 Å². The monoisotopic (exact) mass is 248 g/mol. The number of carbonyl (C=O) groups is 1. The third-order valence-electron chi connectivity index (χ3n) is 3.00.